The van der Waals surface area contributed by atoms with Crippen molar-refractivity contribution in [3.05, 3.63) is 0 Å². The highest BCUT2D eigenvalue weighted by molar-refractivity contribution is 5.86. The third kappa shape index (κ3) is 6.45. The standard InChI is InChI=1S/C26H47NO4/c1-23(2,3)30-13-11-9-8-10-12-29-19-25-16-26(17-25,18-25)22(28)27(7)20-14-21(15-20)31-24(4,5)6/h20-21H,8-19H2,1-7H3. The van der Waals surface area contributed by atoms with Gasteiger partial charge in [0, 0.05) is 26.3 Å². The Morgan fingerprint density at radius 2 is 1.48 bits per heavy atom. The molecule has 2 bridgehead atoms. The summed E-state index contributed by atoms with van der Waals surface area (Å²) in [7, 11) is 2.00. The molecule has 0 spiro atoms. The highest BCUT2D eigenvalue weighted by Gasteiger charge is 2.72. The van der Waals surface area contributed by atoms with E-state index in [0.717, 1.165) is 64.8 Å². The van der Waals surface area contributed by atoms with E-state index >= 15 is 0 Å². The molecule has 0 atom stereocenters. The topological polar surface area (TPSA) is 48.0 Å². The Kier molecular flexibility index (Phi) is 7.50. The van der Waals surface area contributed by atoms with Gasteiger partial charge in [0.2, 0.25) is 5.91 Å². The Labute approximate surface area is 190 Å². The van der Waals surface area contributed by atoms with E-state index in [1.54, 1.807) is 0 Å². The minimum atomic E-state index is -0.0981. The monoisotopic (exact) mass is 437 g/mol. The predicted octanol–water partition coefficient (Wildman–Crippen LogP) is 5.35. The maximum Gasteiger partial charge on any atom is 0.228 e. The number of hydrogen-bond donors (Lipinski definition) is 0. The molecule has 0 unspecified atom stereocenters. The molecular formula is C26H47NO4. The average Bonchev–Trinajstić information content (AvgIpc) is 2.53. The van der Waals surface area contributed by atoms with Gasteiger partial charge in [0.15, 0.2) is 0 Å². The first-order valence-corrected chi connectivity index (χ1v) is 12.5. The van der Waals surface area contributed by atoms with Gasteiger partial charge in [0.25, 0.3) is 0 Å². The maximum absolute atomic E-state index is 13.1. The van der Waals surface area contributed by atoms with Crippen LogP contribution in [0.3, 0.4) is 0 Å². The van der Waals surface area contributed by atoms with E-state index in [9.17, 15) is 4.79 Å². The van der Waals surface area contributed by atoms with E-state index < -0.39 is 0 Å². The van der Waals surface area contributed by atoms with Crippen molar-refractivity contribution in [2.75, 3.05) is 26.9 Å². The van der Waals surface area contributed by atoms with Crippen molar-refractivity contribution >= 4 is 5.91 Å². The smallest absolute Gasteiger partial charge is 0.228 e. The Hall–Kier alpha value is -0.650. The summed E-state index contributed by atoms with van der Waals surface area (Å²) in [6.45, 7) is 15.1. The molecule has 0 aromatic carbocycles. The van der Waals surface area contributed by atoms with Gasteiger partial charge in [-0.2, -0.15) is 0 Å². The van der Waals surface area contributed by atoms with Crippen LogP contribution >= 0.6 is 0 Å². The number of carbonyl (C=O) groups excluding carboxylic acids is 1. The third-order valence-corrected chi connectivity index (χ3v) is 7.18. The Morgan fingerprint density at radius 3 is 2.03 bits per heavy atom. The van der Waals surface area contributed by atoms with E-state index in [4.69, 9.17) is 14.2 Å². The Bertz CT molecular complexity index is 592. The zero-order valence-electron chi connectivity index (χ0n) is 21.2. The highest BCUT2D eigenvalue weighted by Crippen LogP contribution is 2.74. The Morgan fingerprint density at radius 1 is 0.903 bits per heavy atom. The second-order valence-electron chi connectivity index (χ2n) is 12.6. The van der Waals surface area contributed by atoms with Gasteiger partial charge in [-0.25, -0.2) is 0 Å². The number of hydrogen-bond acceptors (Lipinski definition) is 4. The van der Waals surface area contributed by atoms with E-state index in [0.29, 0.717) is 23.5 Å². The molecule has 4 fully saturated rings. The lowest BCUT2D eigenvalue weighted by molar-refractivity contribution is -0.236. The molecule has 0 heterocycles. The first kappa shape index (κ1) is 25.0. The molecule has 4 aliphatic rings. The molecule has 5 heteroatoms. The minimum absolute atomic E-state index is 0.0274. The first-order chi connectivity index (χ1) is 14.3. The summed E-state index contributed by atoms with van der Waals surface area (Å²) in [5.74, 6) is 0.367. The molecule has 1 amide bonds. The normalized spacial score (nSPS) is 32.1. The van der Waals surface area contributed by atoms with Gasteiger partial charge >= 0.3 is 0 Å². The van der Waals surface area contributed by atoms with Crippen LogP contribution in [0.4, 0.5) is 0 Å². The van der Waals surface area contributed by atoms with Crippen molar-refractivity contribution < 1.29 is 19.0 Å². The number of unbranched alkanes of at least 4 members (excludes halogenated alkanes) is 3. The van der Waals surface area contributed by atoms with Gasteiger partial charge in [-0.15, -0.1) is 0 Å². The summed E-state index contributed by atoms with van der Waals surface area (Å²) in [6, 6.07) is 0.356. The maximum atomic E-state index is 13.1. The van der Waals surface area contributed by atoms with Crippen LogP contribution in [0, 0.1) is 10.8 Å². The number of carbonyl (C=O) groups is 1. The lowest BCUT2D eigenvalue weighted by atomic mass is 9.35. The molecular weight excluding hydrogens is 390 g/mol. The second-order valence-corrected chi connectivity index (χ2v) is 12.6. The second kappa shape index (κ2) is 9.30. The zero-order valence-corrected chi connectivity index (χ0v) is 21.2. The highest BCUT2D eigenvalue weighted by atomic mass is 16.5. The lowest BCUT2D eigenvalue weighted by Gasteiger charge is -2.70. The van der Waals surface area contributed by atoms with E-state index in [1.165, 1.54) is 12.8 Å². The molecule has 0 radical (unpaired) electrons. The molecule has 0 aromatic rings. The fraction of sp³-hybridized carbons (Fsp3) is 0.962. The van der Waals surface area contributed by atoms with E-state index in [-0.39, 0.29) is 16.6 Å². The van der Waals surface area contributed by atoms with E-state index in [1.807, 2.05) is 11.9 Å². The van der Waals surface area contributed by atoms with Crippen LogP contribution in [0.1, 0.15) is 99.3 Å². The fourth-order valence-electron chi connectivity index (χ4n) is 5.70. The van der Waals surface area contributed by atoms with Gasteiger partial charge in [-0.3, -0.25) is 4.79 Å². The fourth-order valence-corrected chi connectivity index (χ4v) is 5.70. The molecule has 31 heavy (non-hydrogen) atoms. The van der Waals surface area contributed by atoms with Crippen LogP contribution in [0.15, 0.2) is 0 Å². The van der Waals surface area contributed by atoms with Crippen LogP contribution in [-0.2, 0) is 19.0 Å². The van der Waals surface area contributed by atoms with Gasteiger partial charge in [-0.1, -0.05) is 12.8 Å². The molecule has 4 aliphatic carbocycles. The SMILES string of the molecule is CN(C(=O)C12CC(COCCCCCCOC(C)(C)C)(C1)C2)C1CC(OC(C)(C)C)C1. The van der Waals surface area contributed by atoms with Gasteiger partial charge < -0.3 is 19.1 Å². The molecule has 0 saturated heterocycles. The third-order valence-electron chi connectivity index (χ3n) is 7.18. The number of rotatable bonds is 12. The molecule has 0 aromatic heterocycles. The molecule has 5 nitrogen and oxygen atoms in total. The Balaban J connectivity index is 1.22. The van der Waals surface area contributed by atoms with Crippen molar-refractivity contribution in [2.45, 2.75) is 123 Å². The number of nitrogens with zero attached hydrogens (tertiary/aromatic N) is 1. The van der Waals surface area contributed by atoms with Crippen molar-refractivity contribution in [3.63, 3.8) is 0 Å². The molecule has 180 valence electrons. The quantitative estimate of drug-likeness (QED) is 0.386. The molecule has 4 saturated carbocycles. The van der Waals surface area contributed by atoms with Gasteiger partial charge in [0.05, 0.1) is 29.3 Å². The number of ether oxygens (including phenoxy) is 3. The number of amides is 1. The molecule has 0 aliphatic heterocycles. The van der Waals surface area contributed by atoms with Crippen molar-refractivity contribution in [1.29, 1.82) is 0 Å². The van der Waals surface area contributed by atoms with Crippen LogP contribution < -0.4 is 0 Å². The van der Waals surface area contributed by atoms with Gasteiger partial charge in [0.1, 0.15) is 0 Å². The van der Waals surface area contributed by atoms with E-state index in [2.05, 4.69) is 41.5 Å². The summed E-state index contributed by atoms with van der Waals surface area (Å²) < 4.78 is 17.8. The predicted molar refractivity (Wildman–Crippen MR) is 124 cm³/mol. The largest absolute Gasteiger partial charge is 0.381 e. The van der Waals surface area contributed by atoms with Crippen LogP contribution in [-0.4, -0.2) is 61.0 Å². The minimum Gasteiger partial charge on any atom is -0.381 e. The van der Waals surface area contributed by atoms with Crippen LogP contribution in [0.5, 0.6) is 0 Å². The summed E-state index contributed by atoms with van der Waals surface area (Å²) in [4.78, 5) is 15.1. The average molecular weight is 438 g/mol. The van der Waals surface area contributed by atoms with Crippen molar-refractivity contribution in [3.8, 4) is 0 Å². The summed E-state index contributed by atoms with van der Waals surface area (Å²) >= 11 is 0. The molecule has 0 N–H and O–H groups in total. The summed E-state index contributed by atoms with van der Waals surface area (Å²) in [5.41, 5.74) is 0.106. The van der Waals surface area contributed by atoms with Gasteiger partial charge in [-0.05, 0) is 91.9 Å². The summed E-state index contributed by atoms with van der Waals surface area (Å²) in [5, 5.41) is 0. The first-order valence-electron chi connectivity index (χ1n) is 12.5. The van der Waals surface area contributed by atoms with Crippen LogP contribution in [0.25, 0.3) is 0 Å². The lowest BCUT2D eigenvalue weighted by Crippen LogP contribution is -2.70. The molecule has 4 rings (SSSR count). The van der Waals surface area contributed by atoms with Crippen molar-refractivity contribution in [1.82, 2.24) is 4.90 Å². The zero-order chi connectivity index (χ0) is 22.9. The van der Waals surface area contributed by atoms with Crippen LogP contribution in [0.2, 0.25) is 0 Å². The van der Waals surface area contributed by atoms with Crippen molar-refractivity contribution in [2.24, 2.45) is 10.8 Å². The summed E-state index contributed by atoms with van der Waals surface area (Å²) in [6.07, 6.45) is 10.0.